The summed E-state index contributed by atoms with van der Waals surface area (Å²) in [5, 5.41) is 11.3. The molecule has 1 aromatic carbocycles. The molecule has 6 nitrogen and oxygen atoms in total. The van der Waals surface area contributed by atoms with Crippen molar-refractivity contribution < 1.29 is 14.1 Å². The van der Waals surface area contributed by atoms with Gasteiger partial charge in [-0.1, -0.05) is 11.6 Å². The Bertz CT molecular complexity index is 706. The molecule has 1 amide bonds. The number of carbonyl (C=O) groups excluding carboxylic acids is 1. The summed E-state index contributed by atoms with van der Waals surface area (Å²) in [4.78, 5) is 21.1. The van der Waals surface area contributed by atoms with E-state index in [0.29, 0.717) is 17.1 Å². The van der Waals surface area contributed by atoms with Gasteiger partial charge in [-0.3, -0.25) is 14.9 Å². The Kier molecular flexibility index (Phi) is 3.86. The molecule has 20 heavy (non-hydrogen) atoms. The predicted octanol–water partition coefficient (Wildman–Crippen LogP) is 3.01. The summed E-state index contributed by atoms with van der Waals surface area (Å²) in [7, 11) is 0. The van der Waals surface area contributed by atoms with E-state index < -0.39 is 10.8 Å². The van der Waals surface area contributed by atoms with Gasteiger partial charge in [0.2, 0.25) is 5.91 Å². The standard InChI is InChI=1S/C13H9ClN2O4/c14-8-1-4-10(11(7-8)16(18)19)12-5-2-9(20-12)3-6-13(15)17/h1-7H,(H2,15,17)/b6-3-. The summed E-state index contributed by atoms with van der Waals surface area (Å²) in [5.74, 6) is 0.0564. The third kappa shape index (κ3) is 3.04. The van der Waals surface area contributed by atoms with E-state index in [0.717, 1.165) is 6.08 Å². The lowest BCUT2D eigenvalue weighted by Crippen LogP contribution is -2.04. The van der Waals surface area contributed by atoms with Crippen molar-refractivity contribution in [3.8, 4) is 11.3 Å². The van der Waals surface area contributed by atoms with Crippen LogP contribution in [0.2, 0.25) is 5.02 Å². The highest BCUT2D eigenvalue weighted by molar-refractivity contribution is 6.30. The zero-order valence-corrected chi connectivity index (χ0v) is 10.8. The molecule has 0 radical (unpaired) electrons. The maximum absolute atomic E-state index is 11.0. The number of furan rings is 1. The highest BCUT2D eigenvalue weighted by Crippen LogP contribution is 2.33. The van der Waals surface area contributed by atoms with Crippen LogP contribution >= 0.6 is 11.6 Å². The molecule has 1 aromatic heterocycles. The summed E-state index contributed by atoms with van der Waals surface area (Å²) < 4.78 is 5.41. The van der Waals surface area contributed by atoms with Crippen LogP contribution in [0.15, 0.2) is 40.8 Å². The Morgan fingerprint density at radius 2 is 2.10 bits per heavy atom. The maximum atomic E-state index is 11.0. The van der Waals surface area contributed by atoms with E-state index >= 15 is 0 Å². The fourth-order valence-electron chi connectivity index (χ4n) is 1.62. The smallest absolute Gasteiger partial charge is 0.281 e. The molecule has 0 spiro atoms. The third-order valence-electron chi connectivity index (χ3n) is 2.46. The van der Waals surface area contributed by atoms with Crippen molar-refractivity contribution in [3.05, 3.63) is 57.3 Å². The number of nitro benzene ring substituents is 1. The molecule has 2 rings (SSSR count). The van der Waals surface area contributed by atoms with Gasteiger partial charge in [-0.05, 0) is 30.3 Å². The molecule has 0 aliphatic heterocycles. The normalized spacial score (nSPS) is 10.8. The molecule has 0 aliphatic carbocycles. The van der Waals surface area contributed by atoms with E-state index in [1.165, 1.54) is 24.3 Å². The van der Waals surface area contributed by atoms with Gasteiger partial charge >= 0.3 is 0 Å². The fraction of sp³-hybridized carbons (Fsp3) is 0. The first-order valence-electron chi connectivity index (χ1n) is 5.49. The fourth-order valence-corrected chi connectivity index (χ4v) is 1.78. The summed E-state index contributed by atoms with van der Waals surface area (Å²) in [5.41, 5.74) is 5.12. The Labute approximate surface area is 118 Å². The third-order valence-corrected chi connectivity index (χ3v) is 2.70. The first kappa shape index (κ1) is 13.8. The largest absolute Gasteiger partial charge is 0.456 e. The van der Waals surface area contributed by atoms with Gasteiger partial charge in [0.1, 0.15) is 11.5 Å². The van der Waals surface area contributed by atoms with Gasteiger partial charge in [0.05, 0.1) is 10.5 Å². The van der Waals surface area contributed by atoms with Gasteiger partial charge in [-0.25, -0.2) is 0 Å². The second-order valence-corrected chi connectivity index (χ2v) is 4.29. The molecule has 7 heteroatoms. The number of hydrogen-bond donors (Lipinski definition) is 1. The van der Waals surface area contributed by atoms with Gasteiger partial charge in [0, 0.05) is 17.2 Å². The quantitative estimate of drug-likeness (QED) is 0.532. The zero-order valence-electron chi connectivity index (χ0n) is 10.1. The molecule has 0 saturated carbocycles. The minimum absolute atomic E-state index is 0.155. The van der Waals surface area contributed by atoms with E-state index in [4.69, 9.17) is 21.8 Å². The van der Waals surface area contributed by atoms with E-state index in [1.54, 1.807) is 12.1 Å². The van der Waals surface area contributed by atoms with Crippen molar-refractivity contribution in [2.75, 3.05) is 0 Å². The number of nitro groups is 1. The number of nitrogens with two attached hydrogens (primary N) is 1. The number of nitrogens with zero attached hydrogens (tertiary/aromatic N) is 1. The Hall–Kier alpha value is -2.60. The van der Waals surface area contributed by atoms with Gasteiger partial charge in [-0.2, -0.15) is 0 Å². The van der Waals surface area contributed by atoms with Gasteiger partial charge in [0.25, 0.3) is 5.69 Å². The van der Waals surface area contributed by atoms with Crippen LogP contribution < -0.4 is 5.73 Å². The topological polar surface area (TPSA) is 99.4 Å². The summed E-state index contributed by atoms with van der Waals surface area (Å²) in [6.45, 7) is 0. The molecule has 102 valence electrons. The lowest BCUT2D eigenvalue weighted by molar-refractivity contribution is -0.384. The minimum Gasteiger partial charge on any atom is -0.456 e. The second kappa shape index (κ2) is 5.58. The van der Waals surface area contributed by atoms with Crippen LogP contribution in [0.4, 0.5) is 5.69 Å². The number of benzene rings is 1. The van der Waals surface area contributed by atoms with E-state index in [-0.39, 0.29) is 10.7 Å². The van der Waals surface area contributed by atoms with E-state index in [1.807, 2.05) is 0 Å². The van der Waals surface area contributed by atoms with Gasteiger partial charge in [-0.15, -0.1) is 0 Å². The molecule has 0 atom stereocenters. The SMILES string of the molecule is NC(=O)/C=C\c1ccc(-c2ccc(Cl)cc2[N+](=O)[O-])o1. The predicted molar refractivity (Wildman–Crippen MR) is 74.0 cm³/mol. The lowest BCUT2D eigenvalue weighted by Gasteiger charge is -2.00. The van der Waals surface area contributed by atoms with Crippen LogP contribution in [-0.2, 0) is 4.79 Å². The monoisotopic (exact) mass is 292 g/mol. The Morgan fingerprint density at radius 3 is 2.75 bits per heavy atom. The average Bonchev–Trinajstić information content (AvgIpc) is 2.84. The van der Waals surface area contributed by atoms with Crippen molar-refractivity contribution >= 4 is 29.3 Å². The number of primary amides is 1. The molecule has 0 saturated heterocycles. The molecule has 0 unspecified atom stereocenters. The molecule has 1 heterocycles. The van der Waals surface area contributed by atoms with Crippen molar-refractivity contribution in [2.24, 2.45) is 5.73 Å². The van der Waals surface area contributed by atoms with Crippen molar-refractivity contribution in [2.45, 2.75) is 0 Å². The second-order valence-electron chi connectivity index (χ2n) is 3.86. The molecule has 0 fully saturated rings. The van der Waals surface area contributed by atoms with Crippen LogP contribution in [0.1, 0.15) is 5.76 Å². The Balaban J connectivity index is 2.42. The van der Waals surface area contributed by atoms with E-state index in [9.17, 15) is 14.9 Å². The van der Waals surface area contributed by atoms with Crippen LogP contribution in [0, 0.1) is 10.1 Å². The molecule has 0 bridgehead atoms. The molecule has 0 aliphatic rings. The summed E-state index contributed by atoms with van der Waals surface area (Å²) in [6.07, 6.45) is 2.52. The number of hydrogen-bond acceptors (Lipinski definition) is 4. The minimum atomic E-state index is -0.611. The van der Waals surface area contributed by atoms with Crippen LogP contribution in [-0.4, -0.2) is 10.8 Å². The lowest BCUT2D eigenvalue weighted by atomic mass is 10.1. The molecular weight excluding hydrogens is 284 g/mol. The van der Waals surface area contributed by atoms with Crippen LogP contribution in [0.3, 0.4) is 0 Å². The number of carbonyl (C=O) groups is 1. The maximum Gasteiger partial charge on any atom is 0.281 e. The average molecular weight is 293 g/mol. The van der Waals surface area contributed by atoms with Crippen molar-refractivity contribution in [1.82, 2.24) is 0 Å². The highest BCUT2D eigenvalue weighted by Gasteiger charge is 2.18. The first-order chi connectivity index (χ1) is 9.47. The molecular formula is C13H9ClN2O4. The van der Waals surface area contributed by atoms with E-state index in [2.05, 4.69) is 0 Å². The van der Waals surface area contributed by atoms with Crippen molar-refractivity contribution in [1.29, 1.82) is 0 Å². The van der Waals surface area contributed by atoms with Crippen molar-refractivity contribution in [3.63, 3.8) is 0 Å². The van der Waals surface area contributed by atoms with Gasteiger partial charge < -0.3 is 10.2 Å². The number of rotatable bonds is 4. The highest BCUT2D eigenvalue weighted by atomic mass is 35.5. The first-order valence-corrected chi connectivity index (χ1v) is 5.87. The Morgan fingerprint density at radius 1 is 1.35 bits per heavy atom. The van der Waals surface area contributed by atoms with Crippen LogP contribution in [0.25, 0.3) is 17.4 Å². The summed E-state index contributed by atoms with van der Waals surface area (Å²) >= 11 is 5.74. The van der Waals surface area contributed by atoms with Gasteiger partial charge in [0.15, 0.2) is 0 Å². The zero-order chi connectivity index (χ0) is 14.7. The number of amides is 1. The molecule has 2 N–H and O–H groups in total. The molecule has 2 aromatic rings. The van der Waals surface area contributed by atoms with Crippen LogP contribution in [0.5, 0.6) is 0 Å². The number of halogens is 1. The summed E-state index contributed by atoms with van der Waals surface area (Å²) in [6, 6.07) is 7.43.